The molecule has 23 heavy (non-hydrogen) atoms. The number of alkyl halides is 4. The number of ether oxygens (including phenoxy) is 1. The summed E-state index contributed by atoms with van der Waals surface area (Å²) in [5.41, 5.74) is -0.0670. The fourth-order valence-electron chi connectivity index (χ4n) is 2.72. The molecule has 1 heterocycles. The summed E-state index contributed by atoms with van der Waals surface area (Å²) in [6.45, 7) is 5.35. The Balaban J connectivity index is 2.48. The van der Waals surface area contributed by atoms with Crippen LogP contribution in [0.15, 0.2) is 18.2 Å². The Labute approximate surface area is 138 Å². The first-order valence-corrected chi connectivity index (χ1v) is 7.93. The van der Waals surface area contributed by atoms with E-state index in [1.807, 2.05) is 6.92 Å². The van der Waals surface area contributed by atoms with Crippen LogP contribution in [0.1, 0.15) is 50.1 Å². The molecule has 0 N–H and O–H groups in total. The maximum Gasteiger partial charge on any atom is 0.416 e. The molecule has 1 amide bonds. The molecule has 7 heteroatoms. The van der Waals surface area contributed by atoms with Gasteiger partial charge in [0, 0.05) is 6.04 Å². The normalized spacial score (nSPS) is 21.3. The molecule has 1 aromatic carbocycles. The van der Waals surface area contributed by atoms with Gasteiger partial charge >= 0.3 is 12.3 Å². The fourth-order valence-corrected chi connectivity index (χ4v) is 3.10. The van der Waals surface area contributed by atoms with Gasteiger partial charge in [0.2, 0.25) is 0 Å². The smallest absolute Gasteiger partial charge is 0.416 e. The van der Waals surface area contributed by atoms with E-state index in [0.29, 0.717) is 24.1 Å². The second-order valence-corrected chi connectivity index (χ2v) is 6.37. The number of benzene rings is 1. The summed E-state index contributed by atoms with van der Waals surface area (Å²) in [5.74, 6) is 0. The largest absolute Gasteiger partial charge is 0.446 e. The van der Waals surface area contributed by atoms with Gasteiger partial charge in [-0.15, -0.1) is 11.6 Å². The van der Waals surface area contributed by atoms with Crippen molar-refractivity contribution >= 4 is 23.4 Å². The van der Waals surface area contributed by atoms with Gasteiger partial charge in [0.1, 0.15) is 0 Å². The van der Waals surface area contributed by atoms with Crippen molar-refractivity contribution in [2.24, 2.45) is 0 Å². The second kappa shape index (κ2) is 6.59. The van der Waals surface area contributed by atoms with Crippen molar-refractivity contribution in [3.05, 3.63) is 29.3 Å². The lowest BCUT2D eigenvalue weighted by molar-refractivity contribution is -0.137. The molecule has 0 bridgehead atoms. The number of carbonyl (C=O) groups excluding carboxylic acids is 1. The van der Waals surface area contributed by atoms with Crippen molar-refractivity contribution < 1.29 is 22.7 Å². The molecule has 0 aromatic heterocycles. The van der Waals surface area contributed by atoms with Crippen LogP contribution in [0.5, 0.6) is 0 Å². The molecular formula is C16H19ClF3NO2. The Morgan fingerprint density at radius 1 is 1.43 bits per heavy atom. The zero-order valence-corrected chi connectivity index (χ0v) is 13.9. The van der Waals surface area contributed by atoms with Crippen molar-refractivity contribution in [3.8, 4) is 0 Å². The Kier molecular flexibility index (Phi) is 5.14. The summed E-state index contributed by atoms with van der Waals surface area (Å²) in [5, 5.41) is -0.569. The number of rotatable bonds is 2. The SMILES string of the molecule is CCC1CC(Cl)c2cc(C(F)(F)F)ccc2N1C(=O)OC(C)C. The van der Waals surface area contributed by atoms with E-state index < -0.39 is 23.2 Å². The summed E-state index contributed by atoms with van der Waals surface area (Å²) < 4.78 is 44.0. The number of hydrogen-bond acceptors (Lipinski definition) is 2. The van der Waals surface area contributed by atoms with Gasteiger partial charge in [-0.25, -0.2) is 4.79 Å². The maximum absolute atomic E-state index is 12.9. The minimum Gasteiger partial charge on any atom is -0.446 e. The lowest BCUT2D eigenvalue weighted by Gasteiger charge is -2.38. The van der Waals surface area contributed by atoms with Crippen LogP contribution in [-0.4, -0.2) is 18.2 Å². The van der Waals surface area contributed by atoms with E-state index in [9.17, 15) is 18.0 Å². The highest BCUT2D eigenvalue weighted by Gasteiger charge is 2.38. The molecule has 0 spiro atoms. The summed E-state index contributed by atoms with van der Waals surface area (Å²) >= 11 is 6.27. The number of nitrogens with zero attached hydrogens (tertiary/aromatic N) is 1. The van der Waals surface area contributed by atoms with Crippen LogP contribution in [0.4, 0.5) is 23.7 Å². The van der Waals surface area contributed by atoms with E-state index >= 15 is 0 Å². The van der Waals surface area contributed by atoms with Crippen molar-refractivity contribution in [2.75, 3.05) is 4.90 Å². The standard InChI is InChI=1S/C16H19ClF3NO2/c1-4-11-8-13(17)12-7-10(16(18,19)20)5-6-14(12)21(11)15(22)23-9(2)3/h5-7,9,11,13H,4,8H2,1-3H3. The Hall–Kier alpha value is -1.43. The molecule has 1 aliphatic heterocycles. The Morgan fingerprint density at radius 2 is 2.09 bits per heavy atom. The average Bonchev–Trinajstić information content (AvgIpc) is 2.44. The third-order valence-electron chi connectivity index (χ3n) is 3.80. The summed E-state index contributed by atoms with van der Waals surface area (Å²) in [7, 11) is 0. The lowest BCUT2D eigenvalue weighted by atomic mass is 9.92. The number of hydrogen-bond donors (Lipinski definition) is 0. The van der Waals surface area contributed by atoms with Gasteiger partial charge in [-0.1, -0.05) is 6.92 Å². The van der Waals surface area contributed by atoms with Crippen molar-refractivity contribution in [3.63, 3.8) is 0 Å². The zero-order valence-electron chi connectivity index (χ0n) is 13.2. The first-order valence-electron chi connectivity index (χ1n) is 7.50. The number of amides is 1. The van der Waals surface area contributed by atoms with Gasteiger partial charge in [-0.3, -0.25) is 4.90 Å². The van der Waals surface area contributed by atoms with Gasteiger partial charge in [0.05, 0.1) is 22.7 Å². The van der Waals surface area contributed by atoms with Crippen molar-refractivity contribution in [1.82, 2.24) is 0 Å². The number of halogens is 4. The van der Waals surface area contributed by atoms with Gasteiger partial charge in [-0.05, 0) is 50.5 Å². The van der Waals surface area contributed by atoms with Crippen LogP contribution >= 0.6 is 11.6 Å². The molecule has 0 saturated heterocycles. The van der Waals surface area contributed by atoms with E-state index in [4.69, 9.17) is 16.3 Å². The fraction of sp³-hybridized carbons (Fsp3) is 0.562. The summed E-state index contributed by atoms with van der Waals surface area (Å²) in [4.78, 5) is 13.8. The number of carbonyl (C=O) groups is 1. The minimum absolute atomic E-state index is 0.201. The molecule has 1 aliphatic rings. The minimum atomic E-state index is -4.45. The van der Waals surface area contributed by atoms with E-state index in [1.54, 1.807) is 13.8 Å². The zero-order chi connectivity index (χ0) is 17.4. The van der Waals surface area contributed by atoms with Gasteiger partial charge in [0.25, 0.3) is 0 Å². The molecule has 2 rings (SSSR count). The highest BCUT2D eigenvalue weighted by molar-refractivity contribution is 6.21. The van der Waals surface area contributed by atoms with Crippen LogP contribution in [0.2, 0.25) is 0 Å². The van der Waals surface area contributed by atoms with E-state index in [0.717, 1.165) is 12.1 Å². The summed E-state index contributed by atoms with van der Waals surface area (Å²) in [6.07, 6.45) is -4.30. The first kappa shape index (κ1) is 17.9. The monoisotopic (exact) mass is 349 g/mol. The Bertz CT molecular complexity index is 589. The molecular weight excluding hydrogens is 331 g/mol. The van der Waals surface area contributed by atoms with E-state index in [2.05, 4.69) is 0 Å². The average molecular weight is 350 g/mol. The quantitative estimate of drug-likeness (QED) is 0.658. The Morgan fingerprint density at radius 3 is 2.61 bits per heavy atom. The molecule has 0 aliphatic carbocycles. The molecule has 2 atom stereocenters. The molecule has 0 radical (unpaired) electrons. The topological polar surface area (TPSA) is 29.5 Å². The van der Waals surface area contributed by atoms with E-state index in [1.165, 1.54) is 11.0 Å². The van der Waals surface area contributed by atoms with Gasteiger partial charge in [-0.2, -0.15) is 13.2 Å². The molecule has 128 valence electrons. The van der Waals surface area contributed by atoms with Crippen LogP contribution in [-0.2, 0) is 10.9 Å². The maximum atomic E-state index is 12.9. The molecule has 0 fully saturated rings. The highest BCUT2D eigenvalue weighted by atomic mass is 35.5. The molecule has 0 saturated carbocycles. The van der Waals surface area contributed by atoms with Crippen LogP contribution in [0, 0.1) is 0 Å². The summed E-state index contributed by atoms with van der Waals surface area (Å²) in [6, 6.07) is 3.09. The van der Waals surface area contributed by atoms with Crippen molar-refractivity contribution in [1.29, 1.82) is 0 Å². The number of fused-ring (bicyclic) bond motifs is 1. The second-order valence-electron chi connectivity index (χ2n) is 5.84. The van der Waals surface area contributed by atoms with Crippen LogP contribution in [0.25, 0.3) is 0 Å². The van der Waals surface area contributed by atoms with Crippen LogP contribution in [0.3, 0.4) is 0 Å². The first-order chi connectivity index (χ1) is 10.6. The predicted molar refractivity (Wildman–Crippen MR) is 82.8 cm³/mol. The van der Waals surface area contributed by atoms with E-state index in [-0.39, 0.29) is 12.1 Å². The third kappa shape index (κ3) is 3.74. The molecule has 1 aromatic rings. The lowest BCUT2D eigenvalue weighted by Crippen LogP contribution is -2.45. The number of anilines is 1. The van der Waals surface area contributed by atoms with Gasteiger partial charge in [0.15, 0.2) is 0 Å². The third-order valence-corrected chi connectivity index (χ3v) is 4.21. The molecule has 3 nitrogen and oxygen atoms in total. The van der Waals surface area contributed by atoms with Crippen LogP contribution < -0.4 is 4.90 Å². The predicted octanol–water partition coefficient (Wildman–Crippen LogP) is 5.52. The van der Waals surface area contributed by atoms with Crippen molar-refractivity contribution in [2.45, 2.75) is 57.3 Å². The molecule has 2 unspecified atom stereocenters. The highest BCUT2D eigenvalue weighted by Crippen LogP contribution is 2.44. The van der Waals surface area contributed by atoms with Gasteiger partial charge < -0.3 is 4.74 Å².